The maximum absolute atomic E-state index is 12.4. The van der Waals surface area contributed by atoms with E-state index >= 15 is 0 Å². The third-order valence-electron chi connectivity index (χ3n) is 3.89. The first kappa shape index (κ1) is 29.4. The highest BCUT2D eigenvalue weighted by molar-refractivity contribution is 7.66. The summed E-state index contributed by atoms with van der Waals surface area (Å²) in [5.74, 6) is -1.67. The van der Waals surface area contributed by atoms with Crippen molar-refractivity contribution in [3.05, 3.63) is 22.1 Å². The van der Waals surface area contributed by atoms with Gasteiger partial charge in [-0.3, -0.25) is 29.2 Å². The number of aliphatic hydroxyl groups excluding tert-OH is 1. The predicted molar refractivity (Wildman–Crippen MR) is 108 cm³/mol. The van der Waals surface area contributed by atoms with Gasteiger partial charge in [-0.2, -0.15) is 8.62 Å². The Morgan fingerprint density at radius 1 is 1.14 bits per heavy atom. The van der Waals surface area contributed by atoms with Crippen LogP contribution in [0.1, 0.15) is 25.5 Å². The summed E-state index contributed by atoms with van der Waals surface area (Å²) in [5, 5.41) is 12.7. The maximum atomic E-state index is 12.4. The summed E-state index contributed by atoms with van der Waals surface area (Å²) < 4.78 is 55.9. The Morgan fingerprint density at radius 3 is 2.29 bits per heavy atom. The Balaban J connectivity index is 2.20. The van der Waals surface area contributed by atoms with E-state index in [0.29, 0.717) is 0 Å². The molecule has 6 unspecified atom stereocenters. The van der Waals surface area contributed by atoms with Crippen molar-refractivity contribution >= 4 is 41.3 Å². The number of anilines is 1. The van der Waals surface area contributed by atoms with Crippen molar-refractivity contribution in [2.24, 2.45) is 0 Å². The Kier molecular flexibility index (Phi) is 9.27. The van der Waals surface area contributed by atoms with Crippen LogP contribution in [0.4, 0.5) is 5.95 Å². The molecule has 0 bridgehead atoms. The van der Waals surface area contributed by atoms with Crippen LogP contribution in [-0.4, -0.2) is 71.4 Å². The molecule has 2 heterocycles. The number of phosphoric ester groups is 1. The van der Waals surface area contributed by atoms with Gasteiger partial charge in [0.15, 0.2) is 6.10 Å². The number of esters is 1. The van der Waals surface area contributed by atoms with E-state index in [0.717, 1.165) is 20.0 Å². The SMILES string of the molecule is CC(=O)Nc1ncc(C2OC(COP(=O)(O)OP(=O)(O)OP(=O)(O)O)C(O)C2OC(C)=O)c(=O)[nH]1. The Bertz CT molecular complexity index is 1160. The van der Waals surface area contributed by atoms with Gasteiger partial charge in [-0.25, -0.2) is 18.7 Å². The third kappa shape index (κ3) is 8.95. The van der Waals surface area contributed by atoms with Crippen LogP contribution in [0.2, 0.25) is 0 Å². The van der Waals surface area contributed by atoms with Gasteiger partial charge in [-0.05, 0) is 0 Å². The molecule has 1 aliphatic heterocycles. The van der Waals surface area contributed by atoms with Gasteiger partial charge < -0.3 is 34.2 Å². The Hall–Kier alpha value is -1.85. The molecular weight excluding hydrogens is 547 g/mol. The molecule has 198 valence electrons. The lowest BCUT2D eigenvalue weighted by molar-refractivity contribution is -0.153. The number of aliphatic hydroxyl groups is 1. The van der Waals surface area contributed by atoms with E-state index in [2.05, 4.69) is 28.4 Å². The molecule has 2 rings (SSSR count). The van der Waals surface area contributed by atoms with Gasteiger partial charge >= 0.3 is 29.4 Å². The molecule has 1 aromatic heterocycles. The normalized spacial score (nSPS) is 25.9. The average Bonchev–Trinajstić information content (AvgIpc) is 2.92. The molecule has 1 aromatic rings. The summed E-state index contributed by atoms with van der Waals surface area (Å²) in [6, 6.07) is 0. The fourth-order valence-electron chi connectivity index (χ4n) is 2.76. The van der Waals surface area contributed by atoms with E-state index in [1.54, 1.807) is 0 Å². The van der Waals surface area contributed by atoms with Crippen molar-refractivity contribution in [3.63, 3.8) is 0 Å². The second kappa shape index (κ2) is 11.0. The van der Waals surface area contributed by atoms with E-state index in [4.69, 9.17) is 24.2 Å². The van der Waals surface area contributed by atoms with Crippen LogP contribution < -0.4 is 10.9 Å². The number of aromatic nitrogens is 2. The number of carbonyl (C=O) groups excluding carboxylic acids is 2. The number of H-pyrrole nitrogens is 1. The molecule has 1 aliphatic rings. The van der Waals surface area contributed by atoms with Crippen molar-refractivity contribution < 1.29 is 70.6 Å². The Labute approximate surface area is 194 Å². The number of aromatic amines is 1. The van der Waals surface area contributed by atoms with Gasteiger partial charge in [0, 0.05) is 20.0 Å². The van der Waals surface area contributed by atoms with Crippen LogP contribution in [0.5, 0.6) is 0 Å². The lowest BCUT2D eigenvalue weighted by Gasteiger charge is -2.20. The number of ether oxygens (including phenoxy) is 2. The fraction of sp³-hybridized carbons (Fsp3) is 0.538. The minimum Gasteiger partial charge on any atom is -0.457 e. The summed E-state index contributed by atoms with van der Waals surface area (Å²) in [5.41, 5.74) is -1.16. The second-order valence-corrected chi connectivity index (χ2v) is 11.2. The number of carbonyl (C=O) groups is 2. The van der Waals surface area contributed by atoms with Crippen LogP contribution in [0.15, 0.2) is 11.0 Å². The van der Waals surface area contributed by atoms with Gasteiger partial charge in [-0.15, -0.1) is 0 Å². The highest BCUT2D eigenvalue weighted by Crippen LogP contribution is 2.66. The molecule has 0 aromatic carbocycles. The van der Waals surface area contributed by atoms with E-state index in [1.165, 1.54) is 0 Å². The average molecular weight is 567 g/mol. The smallest absolute Gasteiger partial charge is 0.457 e. The van der Waals surface area contributed by atoms with Crippen molar-refractivity contribution in [1.29, 1.82) is 0 Å². The van der Waals surface area contributed by atoms with Crippen molar-refractivity contribution in [2.75, 3.05) is 11.9 Å². The first-order valence-electron chi connectivity index (χ1n) is 9.05. The van der Waals surface area contributed by atoms with E-state index < -0.39 is 71.9 Å². The fourth-order valence-corrected chi connectivity index (χ4v) is 5.79. The van der Waals surface area contributed by atoms with E-state index in [-0.39, 0.29) is 11.5 Å². The highest BCUT2D eigenvalue weighted by Gasteiger charge is 2.49. The van der Waals surface area contributed by atoms with Crippen LogP contribution in [0.25, 0.3) is 0 Å². The summed E-state index contributed by atoms with van der Waals surface area (Å²) >= 11 is 0. The number of amides is 1. The molecule has 19 nitrogen and oxygen atoms in total. The minimum absolute atomic E-state index is 0.224. The largest absolute Gasteiger partial charge is 0.490 e. The molecule has 1 fully saturated rings. The first-order chi connectivity index (χ1) is 15.9. The summed E-state index contributed by atoms with van der Waals surface area (Å²) in [7, 11) is -16.9. The number of nitrogens with zero attached hydrogens (tertiary/aromatic N) is 1. The predicted octanol–water partition coefficient (Wildman–Crippen LogP) is -1.20. The van der Waals surface area contributed by atoms with E-state index in [9.17, 15) is 38.1 Å². The van der Waals surface area contributed by atoms with Crippen LogP contribution >= 0.6 is 23.5 Å². The molecule has 22 heteroatoms. The maximum Gasteiger partial charge on any atom is 0.490 e. The van der Waals surface area contributed by atoms with Crippen LogP contribution in [-0.2, 0) is 45.9 Å². The van der Waals surface area contributed by atoms with Gasteiger partial charge in [-0.1, -0.05) is 0 Å². The summed E-state index contributed by atoms with van der Waals surface area (Å²) in [6.45, 7) is 1.06. The van der Waals surface area contributed by atoms with Gasteiger partial charge in [0.25, 0.3) is 5.56 Å². The van der Waals surface area contributed by atoms with Crippen molar-refractivity contribution in [3.8, 4) is 0 Å². The molecule has 0 spiro atoms. The van der Waals surface area contributed by atoms with Gasteiger partial charge in [0.1, 0.15) is 18.3 Å². The monoisotopic (exact) mass is 567 g/mol. The zero-order chi connectivity index (χ0) is 26.8. The number of hydrogen-bond donors (Lipinski definition) is 7. The lowest BCUT2D eigenvalue weighted by atomic mass is 10.0. The molecule has 0 aliphatic carbocycles. The number of phosphoric acid groups is 3. The van der Waals surface area contributed by atoms with Gasteiger partial charge in [0.2, 0.25) is 11.9 Å². The van der Waals surface area contributed by atoms with Crippen LogP contribution in [0, 0.1) is 0 Å². The Morgan fingerprint density at radius 2 is 1.77 bits per heavy atom. The third-order valence-corrected chi connectivity index (χ3v) is 7.69. The lowest BCUT2D eigenvalue weighted by Crippen LogP contribution is -2.36. The summed E-state index contributed by atoms with van der Waals surface area (Å²) in [6.07, 6.45) is -5.50. The number of rotatable bonds is 10. The first-order valence-corrected chi connectivity index (χ1v) is 13.6. The highest BCUT2D eigenvalue weighted by atomic mass is 31.3. The second-order valence-electron chi connectivity index (χ2n) is 6.74. The van der Waals surface area contributed by atoms with Gasteiger partial charge in [0.05, 0.1) is 12.2 Å². The van der Waals surface area contributed by atoms with Crippen molar-refractivity contribution in [1.82, 2.24) is 9.97 Å². The topological polar surface area (TPSA) is 290 Å². The van der Waals surface area contributed by atoms with Crippen molar-refractivity contribution in [2.45, 2.75) is 38.3 Å². The molecule has 0 saturated carbocycles. The molecule has 6 atom stereocenters. The molecule has 35 heavy (non-hydrogen) atoms. The molecule has 1 amide bonds. The molecular formula is C13H20N3O16P3. The zero-order valence-electron chi connectivity index (χ0n) is 17.6. The molecule has 7 N–H and O–H groups in total. The quantitative estimate of drug-likeness (QED) is 0.129. The molecule has 1 saturated heterocycles. The zero-order valence-corrected chi connectivity index (χ0v) is 20.3. The standard InChI is InChI=1S/C13H20N3O16P3/c1-5(17)15-13-14-3-7(12(20)16-13)10-11(29-6(2)18)9(19)8(30-10)4-28-34(24,25)32-35(26,27)31-33(21,22)23/h3,8-11,19H,4H2,1-2H3,(H,24,25)(H,26,27)(H2,21,22,23)(H2,14,15,16,17,20). The molecule has 0 radical (unpaired) electrons. The van der Waals surface area contributed by atoms with Crippen LogP contribution in [0.3, 0.4) is 0 Å². The summed E-state index contributed by atoms with van der Waals surface area (Å²) in [4.78, 5) is 76.8. The number of hydrogen-bond acceptors (Lipinski definition) is 13. The minimum atomic E-state index is -5.78. The van der Waals surface area contributed by atoms with E-state index in [1.807, 2.05) is 0 Å². The number of nitrogens with one attached hydrogen (secondary N) is 2.